The fourth-order valence-electron chi connectivity index (χ4n) is 4.24. The summed E-state index contributed by atoms with van der Waals surface area (Å²) in [6, 6.07) is 4.51. The molecule has 3 aliphatic rings. The van der Waals surface area contributed by atoms with Gasteiger partial charge in [-0.25, -0.2) is 0 Å². The van der Waals surface area contributed by atoms with Crippen LogP contribution >= 0.6 is 0 Å². The summed E-state index contributed by atoms with van der Waals surface area (Å²) in [6.45, 7) is 3.69. The monoisotopic (exact) mass is 346 g/mol. The fraction of sp³-hybridized carbons (Fsp3) is 0.684. The van der Waals surface area contributed by atoms with Crippen molar-refractivity contribution in [2.24, 2.45) is 5.92 Å². The van der Waals surface area contributed by atoms with Gasteiger partial charge in [0.15, 0.2) is 6.79 Å². The van der Waals surface area contributed by atoms with E-state index in [0.29, 0.717) is 18.7 Å². The molecule has 0 N–H and O–H groups in total. The topological polar surface area (TPSA) is 64.8 Å². The van der Waals surface area contributed by atoms with Crippen molar-refractivity contribution in [3.8, 4) is 5.75 Å². The van der Waals surface area contributed by atoms with E-state index in [4.69, 9.17) is 9.47 Å². The van der Waals surface area contributed by atoms with Crippen molar-refractivity contribution in [2.45, 2.75) is 70.7 Å². The van der Waals surface area contributed by atoms with E-state index in [1.54, 1.807) is 12.1 Å². The number of benzene rings is 1. The van der Waals surface area contributed by atoms with Gasteiger partial charge < -0.3 is 9.47 Å². The van der Waals surface area contributed by atoms with Gasteiger partial charge in [0.1, 0.15) is 5.75 Å². The molecule has 0 bridgehead atoms. The first-order valence-electron chi connectivity index (χ1n) is 9.38. The second kappa shape index (κ2) is 6.92. The summed E-state index contributed by atoms with van der Waals surface area (Å²) in [7, 11) is 0. The third-order valence-electron chi connectivity index (χ3n) is 5.81. The van der Waals surface area contributed by atoms with E-state index >= 15 is 0 Å². The molecule has 2 fully saturated rings. The molecule has 2 saturated carbocycles. The lowest BCUT2D eigenvalue weighted by Crippen LogP contribution is -2.39. The number of nitrogens with zero attached hydrogens (tertiary/aromatic N) is 2. The maximum Gasteiger partial charge on any atom is 0.270 e. The summed E-state index contributed by atoms with van der Waals surface area (Å²) >= 11 is 0. The Kier molecular flexibility index (Phi) is 4.65. The molecule has 0 atom stereocenters. The molecule has 0 aromatic heterocycles. The first-order valence-corrected chi connectivity index (χ1v) is 9.38. The SMILES string of the molecule is CC1CCC(N(Cc2cc([N+](=O)[O-])cc3c2OCOC3)C2CC2)CC1. The Morgan fingerprint density at radius 1 is 1.16 bits per heavy atom. The molecule has 1 heterocycles. The number of ether oxygens (including phenoxy) is 2. The summed E-state index contributed by atoms with van der Waals surface area (Å²) < 4.78 is 11.0. The molecule has 4 rings (SSSR count). The van der Waals surface area contributed by atoms with Gasteiger partial charge in [-0.05, 0) is 44.4 Å². The van der Waals surface area contributed by atoms with Crippen molar-refractivity contribution in [2.75, 3.05) is 6.79 Å². The Morgan fingerprint density at radius 2 is 1.84 bits per heavy atom. The summed E-state index contributed by atoms with van der Waals surface area (Å²) in [4.78, 5) is 13.6. The zero-order valence-electron chi connectivity index (χ0n) is 14.8. The second-order valence-corrected chi connectivity index (χ2v) is 7.78. The minimum absolute atomic E-state index is 0.135. The maximum absolute atomic E-state index is 11.3. The summed E-state index contributed by atoms with van der Waals surface area (Å²) in [5.41, 5.74) is 1.87. The third kappa shape index (κ3) is 3.65. The van der Waals surface area contributed by atoms with E-state index in [1.165, 1.54) is 38.5 Å². The minimum Gasteiger partial charge on any atom is -0.467 e. The van der Waals surface area contributed by atoms with Crippen LogP contribution in [0.1, 0.15) is 56.6 Å². The molecule has 0 unspecified atom stereocenters. The zero-order valence-corrected chi connectivity index (χ0v) is 14.8. The Morgan fingerprint density at radius 3 is 2.48 bits per heavy atom. The van der Waals surface area contributed by atoms with Gasteiger partial charge in [-0.1, -0.05) is 6.92 Å². The highest BCUT2D eigenvalue weighted by atomic mass is 16.7. The molecule has 2 aliphatic carbocycles. The van der Waals surface area contributed by atoms with Gasteiger partial charge in [0.2, 0.25) is 0 Å². The van der Waals surface area contributed by atoms with Crippen molar-refractivity contribution in [1.82, 2.24) is 4.90 Å². The standard InChI is InChI=1S/C19H26N2O4/c1-13-2-4-16(5-3-13)20(17-6-7-17)10-14-8-18(21(22)23)9-15-11-24-12-25-19(14)15/h8-9,13,16-17H,2-7,10-12H2,1H3. The maximum atomic E-state index is 11.3. The first kappa shape index (κ1) is 16.8. The van der Waals surface area contributed by atoms with Gasteiger partial charge >= 0.3 is 0 Å². The van der Waals surface area contributed by atoms with Crippen LogP contribution in [0.5, 0.6) is 5.75 Å². The number of hydrogen-bond donors (Lipinski definition) is 0. The van der Waals surface area contributed by atoms with Gasteiger partial charge in [-0.15, -0.1) is 0 Å². The fourth-order valence-corrected chi connectivity index (χ4v) is 4.24. The molecule has 0 spiro atoms. The highest BCUT2D eigenvalue weighted by molar-refractivity contribution is 5.50. The first-order chi connectivity index (χ1) is 12.1. The van der Waals surface area contributed by atoms with Crippen LogP contribution in [0, 0.1) is 16.0 Å². The highest BCUT2D eigenvalue weighted by Gasteiger charge is 2.36. The van der Waals surface area contributed by atoms with E-state index in [-0.39, 0.29) is 17.4 Å². The lowest BCUT2D eigenvalue weighted by molar-refractivity contribution is -0.385. The quantitative estimate of drug-likeness (QED) is 0.595. The molecule has 6 heteroatoms. The Bertz CT molecular complexity index is 651. The van der Waals surface area contributed by atoms with Gasteiger partial charge in [-0.3, -0.25) is 15.0 Å². The molecular weight excluding hydrogens is 320 g/mol. The molecule has 0 radical (unpaired) electrons. The molecule has 1 aliphatic heterocycles. The van der Waals surface area contributed by atoms with Crippen LogP contribution in [0.25, 0.3) is 0 Å². The minimum atomic E-state index is -0.317. The van der Waals surface area contributed by atoms with E-state index in [2.05, 4.69) is 11.8 Å². The number of nitro groups is 1. The summed E-state index contributed by atoms with van der Waals surface area (Å²) in [5.74, 6) is 1.62. The molecular formula is C19H26N2O4. The van der Waals surface area contributed by atoms with Crippen molar-refractivity contribution in [3.63, 3.8) is 0 Å². The predicted molar refractivity (Wildman–Crippen MR) is 93.4 cm³/mol. The molecule has 136 valence electrons. The predicted octanol–water partition coefficient (Wildman–Crippen LogP) is 4.00. The van der Waals surface area contributed by atoms with Crippen molar-refractivity contribution in [1.29, 1.82) is 0 Å². The van der Waals surface area contributed by atoms with Gasteiger partial charge in [0.05, 0.1) is 11.5 Å². The highest BCUT2D eigenvalue weighted by Crippen LogP contribution is 2.39. The number of hydrogen-bond acceptors (Lipinski definition) is 5. The number of nitro benzene ring substituents is 1. The largest absolute Gasteiger partial charge is 0.467 e. The number of fused-ring (bicyclic) bond motifs is 1. The van der Waals surface area contributed by atoms with Crippen molar-refractivity contribution in [3.05, 3.63) is 33.4 Å². The van der Waals surface area contributed by atoms with Gasteiger partial charge in [0.25, 0.3) is 5.69 Å². The van der Waals surface area contributed by atoms with Crippen molar-refractivity contribution >= 4 is 5.69 Å². The van der Waals surface area contributed by atoms with Crippen LogP contribution in [-0.4, -0.2) is 28.7 Å². The Balaban J connectivity index is 1.61. The Labute approximate surface area is 148 Å². The lowest BCUT2D eigenvalue weighted by atomic mass is 9.86. The Hall–Kier alpha value is -1.66. The van der Waals surface area contributed by atoms with Crippen LogP contribution < -0.4 is 4.74 Å². The molecule has 0 saturated heterocycles. The van der Waals surface area contributed by atoms with Crippen LogP contribution in [0.15, 0.2) is 12.1 Å². The summed E-state index contributed by atoms with van der Waals surface area (Å²) in [6.07, 6.45) is 7.52. The van der Waals surface area contributed by atoms with Crippen LogP contribution in [0.3, 0.4) is 0 Å². The molecule has 25 heavy (non-hydrogen) atoms. The van der Waals surface area contributed by atoms with Gasteiger partial charge in [0, 0.05) is 41.9 Å². The van der Waals surface area contributed by atoms with Crippen LogP contribution in [0.2, 0.25) is 0 Å². The zero-order chi connectivity index (χ0) is 17.4. The molecule has 1 aromatic rings. The van der Waals surface area contributed by atoms with E-state index in [9.17, 15) is 10.1 Å². The smallest absolute Gasteiger partial charge is 0.270 e. The average molecular weight is 346 g/mol. The number of rotatable bonds is 5. The van der Waals surface area contributed by atoms with Gasteiger partial charge in [-0.2, -0.15) is 0 Å². The average Bonchev–Trinajstić information content (AvgIpc) is 3.45. The van der Waals surface area contributed by atoms with Crippen LogP contribution in [0.4, 0.5) is 5.69 Å². The number of non-ortho nitro benzene ring substituents is 1. The lowest BCUT2D eigenvalue weighted by Gasteiger charge is -2.37. The molecule has 0 amide bonds. The molecule has 1 aromatic carbocycles. The van der Waals surface area contributed by atoms with Crippen LogP contribution in [-0.2, 0) is 17.9 Å². The van der Waals surface area contributed by atoms with E-state index in [1.807, 2.05) is 0 Å². The molecule has 6 nitrogen and oxygen atoms in total. The summed E-state index contributed by atoms with van der Waals surface area (Å²) in [5, 5.41) is 11.3. The normalized spacial score (nSPS) is 26.2. The van der Waals surface area contributed by atoms with Crippen molar-refractivity contribution < 1.29 is 14.4 Å². The third-order valence-corrected chi connectivity index (χ3v) is 5.81. The van der Waals surface area contributed by atoms with E-state index in [0.717, 1.165) is 29.3 Å². The van der Waals surface area contributed by atoms with E-state index < -0.39 is 0 Å². The second-order valence-electron chi connectivity index (χ2n) is 7.78.